The summed E-state index contributed by atoms with van der Waals surface area (Å²) in [5.74, 6) is -1.28. The monoisotopic (exact) mass is 512 g/mol. The van der Waals surface area contributed by atoms with E-state index in [0.717, 1.165) is 19.3 Å². The highest BCUT2D eigenvalue weighted by Crippen LogP contribution is 2.28. The third-order valence-corrected chi connectivity index (χ3v) is 7.81. The summed E-state index contributed by atoms with van der Waals surface area (Å²) in [5.41, 5.74) is 0. The molecule has 0 aliphatic carbocycles. The Morgan fingerprint density at radius 1 is 0.735 bits per heavy atom. The lowest BCUT2D eigenvalue weighted by molar-refractivity contribution is -0.282. The van der Waals surface area contributed by atoms with Gasteiger partial charge < -0.3 is 41.7 Å². The van der Waals surface area contributed by atoms with Gasteiger partial charge in [-0.15, -0.1) is 0 Å². The first-order valence-electron chi connectivity index (χ1n) is 12.0. The van der Waals surface area contributed by atoms with Crippen molar-refractivity contribution in [3.63, 3.8) is 0 Å². The largest absolute Gasteiger partial charge is 0.580 e. The van der Waals surface area contributed by atoms with Gasteiger partial charge >= 0.3 is 8.80 Å². The lowest BCUT2D eigenvalue weighted by atomic mass is 10.2. The van der Waals surface area contributed by atoms with Crippen molar-refractivity contribution in [3.05, 3.63) is 0 Å². The highest BCUT2D eigenvalue weighted by molar-refractivity contribution is 6.92. The van der Waals surface area contributed by atoms with Gasteiger partial charge in [0.1, 0.15) is 0 Å². The normalized spacial score (nSPS) is 18.7. The molecule has 0 amide bonds. The molecule has 0 fully saturated rings. The fraction of sp³-hybridized carbons (Fsp3) is 0.957. The van der Waals surface area contributed by atoms with Crippen molar-refractivity contribution in [1.82, 2.24) is 0 Å². The average Bonchev–Trinajstić information content (AvgIpc) is 2.74. The van der Waals surface area contributed by atoms with Crippen LogP contribution in [0.25, 0.3) is 0 Å². The molecule has 0 spiro atoms. The number of rotatable bonds is 21. The number of carbonyl (C=O) groups excluding carboxylic acids is 1. The van der Waals surface area contributed by atoms with E-state index >= 15 is 0 Å². The van der Waals surface area contributed by atoms with Crippen LogP contribution in [0.2, 0.25) is 0 Å². The van der Waals surface area contributed by atoms with Crippen LogP contribution >= 0.6 is 0 Å². The van der Waals surface area contributed by atoms with Crippen molar-refractivity contribution < 1.29 is 46.5 Å². The van der Waals surface area contributed by atoms with Gasteiger partial charge in [-0.05, 0) is 54.9 Å². The van der Waals surface area contributed by atoms with Crippen molar-refractivity contribution in [2.75, 3.05) is 21.3 Å². The standard InChI is InChI=1S/C23H48O10Si/c1-12-13-14-15-16-22(24)34(31-20(5)28-17(2)25-9,32-21(6)29-18(3)26-10)33-23(7,8)30-19(4)27-11/h17-21H,12-16H2,1-11H3. The highest BCUT2D eigenvalue weighted by Gasteiger charge is 2.56. The van der Waals surface area contributed by atoms with E-state index in [2.05, 4.69) is 6.92 Å². The van der Waals surface area contributed by atoms with Gasteiger partial charge in [0, 0.05) is 27.8 Å². The van der Waals surface area contributed by atoms with Crippen LogP contribution in [0.15, 0.2) is 0 Å². The lowest BCUT2D eigenvalue weighted by Crippen LogP contribution is -2.61. The van der Waals surface area contributed by atoms with E-state index in [1.54, 1.807) is 48.5 Å². The van der Waals surface area contributed by atoms with Crippen molar-refractivity contribution in [2.45, 2.75) is 125 Å². The minimum atomic E-state index is -4.14. The van der Waals surface area contributed by atoms with Crippen LogP contribution in [-0.2, 0) is 46.5 Å². The van der Waals surface area contributed by atoms with E-state index in [1.807, 2.05) is 0 Å². The first kappa shape index (κ1) is 33.5. The van der Waals surface area contributed by atoms with Gasteiger partial charge in [-0.2, -0.15) is 0 Å². The summed E-state index contributed by atoms with van der Waals surface area (Å²) in [6, 6.07) is 0. The molecule has 0 aliphatic rings. The molecule has 0 rings (SSSR count). The van der Waals surface area contributed by atoms with Gasteiger partial charge in [-0.3, -0.25) is 4.79 Å². The van der Waals surface area contributed by atoms with Crippen LogP contribution < -0.4 is 0 Å². The third kappa shape index (κ3) is 13.6. The predicted octanol–water partition coefficient (Wildman–Crippen LogP) is 4.51. The minimum absolute atomic E-state index is 0.223. The molecule has 10 nitrogen and oxygen atoms in total. The number of hydrogen-bond donors (Lipinski definition) is 0. The molecule has 0 bridgehead atoms. The van der Waals surface area contributed by atoms with Crippen LogP contribution in [0, 0.1) is 0 Å². The summed E-state index contributed by atoms with van der Waals surface area (Å²) in [6.45, 7) is 13.9. The Hall–Kier alpha value is -0.473. The molecule has 5 atom stereocenters. The van der Waals surface area contributed by atoms with Crippen LogP contribution in [-0.4, -0.2) is 72.8 Å². The zero-order valence-electron chi connectivity index (χ0n) is 23.0. The Labute approximate surface area is 207 Å². The summed E-state index contributed by atoms with van der Waals surface area (Å²) >= 11 is 0. The van der Waals surface area contributed by atoms with E-state index in [0.29, 0.717) is 6.42 Å². The minimum Gasteiger partial charge on any atom is -0.356 e. The molecular formula is C23H48O10Si. The van der Waals surface area contributed by atoms with Crippen molar-refractivity contribution >= 4 is 14.2 Å². The fourth-order valence-electron chi connectivity index (χ4n) is 3.07. The molecule has 5 unspecified atom stereocenters. The Bertz CT molecular complexity index is 528. The molecule has 0 N–H and O–H groups in total. The first-order valence-corrected chi connectivity index (χ1v) is 13.7. The SMILES string of the molecule is CCCCCCC(=O)[Si](OC(C)OC(C)OC)(OC(C)OC(C)OC)OC(C)(C)OC(C)OC. The number of carbonyl (C=O) groups is 1. The van der Waals surface area contributed by atoms with E-state index in [-0.39, 0.29) is 11.8 Å². The summed E-state index contributed by atoms with van der Waals surface area (Å²) < 4.78 is 51.4. The molecule has 204 valence electrons. The molecule has 11 heteroatoms. The Balaban J connectivity index is 6.08. The molecule has 0 heterocycles. The summed E-state index contributed by atoms with van der Waals surface area (Å²) in [4.78, 5) is 13.7. The summed E-state index contributed by atoms with van der Waals surface area (Å²) in [6.07, 6.45) is 0.422. The van der Waals surface area contributed by atoms with E-state index in [1.165, 1.54) is 21.3 Å². The number of methoxy groups -OCH3 is 3. The number of hydrogen-bond acceptors (Lipinski definition) is 10. The van der Waals surface area contributed by atoms with E-state index in [4.69, 9.17) is 41.7 Å². The molecule has 0 aromatic rings. The predicted molar refractivity (Wildman–Crippen MR) is 128 cm³/mol. The van der Waals surface area contributed by atoms with Crippen molar-refractivity contribution in [3.8, 4) is 0 Å². The molecule has 0 saturated carbocycles. The Kier molecular flexibility index (Phi) is 16.8. The van der Waals surface area contributed by atoms with Gasteiger partial charge in [-0.25, -0.2) is 0 Å². The molecule has 0 aromatic heterocycles. The molecule has 0 saturated heterocycles. The Morgan fingerprint density at radius 2 is 1.21 bits per heavy atom. The molecule has 34 heavy (non-hydrogen) atoms. The van der Waals surface area contributed by atoms with E-state index < -0.39 is 46.0 Å². The first-order chi connectivity index (χ1) is 15.8. The molecular weight excluding hydrogens is 464 g/mol. The summed E-state index contributed by atoms with van der Waals surface area (Å²) in [7, 11) is 0.401. The van der Waals surface area contributed by atoms with Gasteiger partial charge in [0.15, 0.2) is 37.2 Å². The maximum absolute atomic E-state index is 13.7. The van der Waals surface area contributed by atoms with Gasteiger partial charge in [0.2, 0.25) is 5.41 Å². The summed E-state index contributed by atoms with van der Waals surface area (Å²) in [5, 5.41) is -0.286. The van der Waals surface area contributed by atoms with Crippen LogP contribution in [0.1, 0.15) is 87.5 Å². The topological polar surface area (TPSA) is 100 Å². The maximum atomic E-state index is 13.7. The molecule has 0 aliphatic heterocycles. The van der Waals surface area contributed by atoms with Crippen molar-refractivity contribution in [1.29, 1.82) is 0 Å². The molecule has 0 aromatic carbocycles. The Morgan fingerprint density at radius 3 is 1.62 bits per heavy atom. The lowest BCUT2D eigenvalue weighted by Gasteiger charge is -2.39. The van der Waals surface area contributed by atoms with E-state index in [9.17, 15) is 4.79 Å². The maximum Gasteiger partial charge on any atom is 0.580 e. The van der Waals surface area contributed by atoms with Gasteiger partial charge in [-0.1, -0.05) is 26.2 Å². The second-order valence-corrected chi connectivity index (χ2v) is 10.8. The second-order valence-electron chi connectivity index (χ2n) is 8.46. The quantitative estimate of drug-likeness (QED) is 0.124. The van der Waals surface area contributed by atoms with Crippen molar-refractivity contribution in [2.24, 2.45) is 0 Å². The second kappa shape index (κ2) is 17.1. The third-order valence-electron chi connectivity index (χ3n) is 4.83. The van der Waals surface area contributed by atoms with Gasteiger partial charge in [0.25, 0.3) is 0 Å². The number of ether oxygens (including phenoxy) is 6. The average molecular weight is 513 g/mol. The fourth-order valence-corrected chi connectivity index (χ4v) is 5.76. The van der Waals surface area contributed by atoms with Crippen LogP contribution in [0.5, 0.6) is 0 Å². The smallest absolute Gasteiger partial charge is 0.356 e. The zero-order chi connectivity index (χ0) is 26.4. The number of unbranched alkanes of at least 4 members (excludes halogenated alkanes) is 3. The van der Waals surface area contributed by atoms with Gasteiger partial charge in [0.05, 0.1) is 0 Å². The zero-order valence-corrected chi connectivity index (χ0v) is 24.0. The van der Waals surface area contributed by atoms with Crippen LogP contribution in [0.4, 0.5) is 0 Å². The highest BCUT2D eigenvalue weighted by atomic mass is 28.4. The molecule has 0 radical (unpaired) electrons. The van der Waals surface area contributed by atoms with Crippen LogP contribution in [0.3, 0.4) is 0 Å².